The monoisotopic (exact) mass is 221 g/mol. The number of ether oxygens (including phenoxy) is 1. The fourth-order valence-electron chi connectivity index (χ4n) is 1.84. The zero-order chi connectivity index (χ0) is 12.0. The number of methoxy groups -OCH3 is 1. The highest BCUT2D eigenvalue weighted by Crippen LogP contribution is 2.24. The van der Waals surface area contributed by atoms with Gasteiger partial charge in [-0.3, -0.25) is 0 Å². The molecule has 16 heavy (non-hydrogen) atoms. The van der Waals surface area contributed by atoms with E-state index in [0.29, 0.717) is 6.54 Å². The van der Waals surface area contributed by atoms with E-state index < -0.39 is 0 Å². The number of benzene rings is 1. The molecule has 1 rings (SSSR count). The maximum absolute atomic E-state index is 10.2. The van der Waals surface area contributed by atoms with Gasteiger partial charge in [0.05, 0.1) is 13.7 Å². The largest absolute Gasteiger partial charge is 0.496 e. The number of aryl methyl sites for hydroxylation is 2. The summed E-state index contributed by atoms with van der Waals surface area (Å²) in [6, 6.07) is 4.19. The molecule has 0 amide bonds. The number of carbonyl (C=O) groups excluding carboxylic acids is 1. The lowest BCUT2D eigenvalue weighted by Crippen LogP contribution is -2.19. The first-order chi connectivity index (χ1) is 7.69. The van der Waals surface area contributed by atoms with Crippen LogP contribution in [-0.2, 0) is 11.2 Å². The molecule has 88 valence electrons. The zero-order valence-electron chi connectivity index (χ0n) is 10.2. The van der Waals surface area contributed by atoms with Crippen LogP contribution in [0, 0.1) is 13.8 Å². The molecular weight excluding hydrogens is 202 g/mol. The second-order valence-corrected chi connectivity index (χ2v) is 3.88. The molecule has 0 heterocycles. The van der Waals surface area contributed by atoms with E-state index in [1.165, 1.54) is 16.7 Å². The van der Waals surface area contributed by atoms with Crippen LogP contribution in [-0.4, -0.2) is 26.5 Å². The minimum Gasteiger partial charge on any atom is -0.496 e. The van der Waals surface area contributed by atoms with Crippen molar-refractivity contribution in [3.63, 3.8) is 0 Å². The van der Waals surface area contributed by atoms with Crippen LogP contribution >= 0.6 is 0 Å². The van der Waals surface area contributed by atoms with Crippen LogP contribution < -0.4 is 10.1 Å². The van der Waals surface area contributed by atoms with Gasteiger partial charge in [0.1, 0.15) is 12.0 Å². The molecule has 1 aromatic rings. The molecule has 1 N–H and O–H groups in total. The van der Waals surface area contributed by atoms with E-state index in [-0.39, 0.29) is 0 Å². The summed E-state index contributed by atoms with van der Waals surface area (Å²) in [4.78, 5) is 10.2. The maximum Gasteiger partial charge on any atom is 0.133 e. The molecule has 0 saturated carbocycles. The van der Waals surface area contributed by atoms with E-state index in [2.05, 4.69) is 25.2 Å². The Morgan fingerprint density at radius 3 is 2.75 bits per heavy atom. The Bertz CT molecular complexity index is 361. The van der Waals surface area contributed by atoms with Gasteiger partial charge in [-0.1, -0.05) is 6.07 Å². The fraction of sp³-hybridized carbons (Fsp3) is 0.462. The number of hydrogen-bond acceptors (Lipinski definition) is 3. The first-order valence-electron chi connectivity index (χ1n) is 5.47. The van der Waals surface area contributed by atoms with Gasteiger partial charge < -0.3 is 14.8 Å². The Kier molecular flexibility index (Phi) is 4.99. The zero-order valence-corrected chi connectivity index (χ0v) is 10.2. The molecule has 3 nitrogen and oxygen atoms in total. The first-order valence-corrected chi connectivity index (χ1v) is 5.47. The molecule has 3 heteroatoms. The van der Waals surface area contributed by atoms with E-state index in [0.717, 1.165) is 25.0 Å². The predicted molar refractivity (Wildman–Crippen MR) is 65.1 cm³/mol. The summed E-state index contributed by atoms with van der Waals surface area (Å²) in [7, 11) is 1.69. The molecule has 0 fully saturated rings. The van der Waals surface area contributed by atoms with Crippen LogP contribution in [0.25, 0.3) is 0 Å². The van der Waals surface area contributed by atoms with Crippen LogP contribution in [0.2, 0.25) is 0 Å². The van der Waals surface area contributed by atoms with E-state index in [9.17, 15) is 4.79 Å². The molecule has 0 atom stereocenters. The second kappa shape index (κ2) is 6.28. The second-order valence-electron chi connectivity index (χ2n) is 3.88. The topological polar surface area (TPSA) is 38.3 Å². The van der Waals surface area contributed by atoms with Crippen LogP contribution in [0.4, 0.5) is 0 Å². The van der Waals surface area contributed by atoms with Gasteiger partial charge in [0, 0.05) is 0 Å². The summed E-state index contributed by atoms with van der Waals surface area (Å²) in [6.45, 7) is 5.35. The van der Waals surface area contributed by atoms with Crippen molar-refractivity contribution in [1.29, 1.82) is 0 Å². The van der Waals surface area contributed by atoms with Crippen LogP contribution in [0.1, 0.15) is 16.7 Å². The number of rotatable bonds is 6. The molecule has 0 bridgehead atoms. The third kappa shape index (κ3) is 3.35. The molecule has 0 unspecified atom stereocenters. The first kappa shape index (κ1) is 12.7. The minimum atomic E-state index is 0.410. The minimum absolute atomic E-state index is 0.410. The standard InChI is InChI=1S/C13H19NO2/c1-10-8-11(2)12(13(9-10)16-3)4-5-14-6-7-15/h7-9,14H,4-6H2,1-3H3. The lowest BCUT2D eigenvalue weighted by Gasteiger charge is -2.13. The van der Waals surface area contributed by atoms with Gasteiger partial charge >= 0.3 is 0 Å². The van der Waals surface area contributed by atoms with Gasteiger partial charge in [0.25, 0.3) is 0 Å². The van der Waals surface area contributed by atoms with Crippen LogP contribution in [0.3, 0.4) is 0 Å². The third-order valence-corrected chi connectivity index (χ3v) is 2.58. The fourth-order valence-corrected chi connectivity index (χ4v) is 1.84. The van der Waals surface area contributed by atoms with Crippen molar-refractivity contribution in [3.05, 3.63) is 28.8 Å². The Morgan fingerprint density at radius 2 is 2.12 bits per heavy atom. The summed E-state index contributed by atoms with van der Waals surface area (Å²) in [5, 5.41) is 3.05. The lowest BCUT2D eigenvalue weighted by atomic mass is 10.0. The van der Waals surface area contributed by atoms with Crippen LogP contribution in [0.5, 0.6) is 5.75 Å². The molecule has 0 aliphatic rings. The Morgan fingerprint density at radius 1 is 1.38 bits per heavy atom. The highest BCUT2D eigenvalue weighted by atomic mass is 16.5. The van der Waals surface area contributed by atoms with Crippen molar-refractivity contribution in [3.8, 4) is 5.75 Å². The molecule has 0 radical (unpaired) electrons. The third-order valence-electron chi connectivity index (χ3n) is 2.58. The molecule has 0 aliphatic carbocycles. The SMILES string of the molecule is COc1cc(C)cc(C)c1CCNCC=O. The van der Waals surface area contributed by atoms with Gasteiger partial charge in [0.2, 0.25) is 0 Å². The van der Waals surface area contributed by atoms with Crippen molar-refractivity contribution >= 4 is 6.29 Å². The Balaban J connectivity index is 2.73. The lowest BCUT2D eigenvalue weighted by molar-refractivity contribution is -0.107. The molecule has 0 spiro atoms. The number of hydrogen-bond donors (Lipinski definition) is 1. The van der Waals surface area contributed by atoms with E-state index in [4.69, 9.17) is 4.74 Å². The van der Waals surface area contributed by atoms with Crippen molar-refractivity contribution < 1.29 is 9.53 Å². The number of carbonyl (C=O) groups is 1. The number of aldehydes is 1. The maximum atomic E-state index is 10.2. The summed E-state index contributed by atoms with van der Waals surface area (Å²) >= 11 is 0. The molecule has 1 aromatic carbocycles. The highest BCUT2D eigenvalue weighted by molar-refractivity contribution is 5.51. The summed E-state index contributed by atoms with van der Waals surface area (Å²) in [6.07, 6.45) is 1.75. The number of nitrogens with one attached hydrogen (secondary N) is 1. The molecule has 0 aliphatic heterocycles. The van der Waals surface area contributed by atoms with Gasteiger partial charge in [-0.25, -0.2) is 0 Å². The van der Waals surface area contributed by atoms with Crippen molar-refractivity contribution in [1.82, 2.24) is 5.32 Å². The molecular formula is C13H19NO2. The molecule has 0 saturated heterocycles. The van der Waals surface area contributed by atoms with Gasteiger partial charge in [-0.05, 0) is 49.6 Å². The van der Waals surface area contributed by atoms with Crippen molar-refractivity contribution in [2.75, 3.05) is 20.2 Å². The Hall–Kier alpha value is -1.35. The molecule has 0 aromatic heterocycles. The van der Waals surface area contributed by atoms with Gasteiger partial charge in [-0.2, -0.15) is 0 Å². The predicted octanol–water partition coefficient (Wildman–Crippen LogP) is 1.64. The van der Waals surface area contributed by atoms with E-state index in [1.54, 1.807) is 7.11 Å². The Labute approximate surface area is 96.8 Å². The van der Waals surface area contributed by atoms with Crippen LogP contribution in [0.15, 0.2) is 12.1 Å². The normalized spacial score (nSPS) is 10.2. The van der Waals surface area contributed by atoms with Crippen molar-refractivity contribution in [2.45, 2.75) is 20.3 Å². The van der Waals surface area contributed by atoms with Gasteiger partial charge in [0.15, 0.2) is 0 Å². The highest BCUT2D eigenvalue weighted by Gasteiger charge is 2.06. The van der Waals surface area contributed by atoms with Crippen molar-refractivity contribution in [2.24, 2.45) is 0 Å². The average Bonchev–Trinajstić information content (AvgIpc) is 2.26. The quantitative estimate of drug-likeness (QED) is 0.586. The summed E-state index contributed by atoms with van der Waals surface area (Å²) < 4.78 is 5.37. The van der Waals surface area contributed by atoms with E-state index >= 15 is 0 Å². The smallest absolute Gasteiger partial charge is 0.133 e. The summed E-state index contributed by atoms with van der Waals surface area (Å²) in [5.41, 5.74) is 3.66. The summed E-state index contributed by atoms with van der Waals surface area (Å²) in [5.74, 6) is 0.936. The van der Waals surface area contributed by atoms with E-state index in [1.807, 2.05) is 6.07 Å². The van der Waals surface area contributed by atoms with Gasteiger partial charge in [-0.15, -0.1) is 0 Å². The average molecular weight is 221 g/mol.